The minimum atomic E-state index is 0.166. The van der Waals surface area contributed by atoms with Crippen molar-refractivity contribution in [1.82, 2.24) is 4.98 Å². The average molecular weight is 203 g/mol. The first kappa shape index (κ1) is 10.7. The molecule has 0 atom stereocenters. The van der Waals surface area contributed by atoms with Crippen LogP contribution in [-0.4, -0.2) is 4.98 Å². The summed E-state index contributed by atoms with van der Waals surface area (Å²) >= 11 is 0. The van der Waals surface area contributed by atoms with Crippen LogP contribution in [0.1, 0.15) is 58.3 Å². The van der Waals surface area contributed by atoms with Crippen LogP contribution < -0.4 is 0 Å². The third-order valence-electron chi connectivity index (χ3n) is 3.59. The molecular formula is C14H21N. The fourth-order valence-electron chi connectivity index (χ4n) is 2.09. The summed E-state index contributed by atoms with van der Waals surface area (Å²) in [5.41, 5.74) is 3.14. The van der Waals surface area contributed by atoms with E-state index in [1.54, 1.807) is 0 Å². The summed E-state index contributed by atoms with van der Waals surface area (Å²) in [7, 11) is 0. The van der Waals surface area contributed by atoms with Crippen LogP contribution in [0.4, 0.5) is 0 Å². The highest BCUT2D eigenvalue weighted by Crippen LogP contribution is 2.50. The lowest BCUT2D eigenvalue weighted by molar-refractivity contribution is 0.553. The molecule has 1 nitrogen and oxygen atoms in total. The zero-order valence-electron chi connectivity index (χ0n) is 10.3. The molecule has 15 heavy (non-hydrogen) atoms. The summed E-state index contributed by atoms with van der Waals surface area (Å²) in [5, 5.41) is 0. The van der Waals surface area contributed by atoms with E-state index in [1.165, 1.54) is 30.7 Å². The third kappa shape index (κ3) is 1.92. The molecule has 0 unspecified atom stereocenters. The predicted molar refractivity (Wildman–Crippen MR) is 64.1 cm³/mol. The second kappa shape index (κ2) is 3.33. The summed E-state index contributed by atoms with van der Waals surface area (Å²) in [6.45, 7) is 8.96. The van der Waals surface area contributed by atoms with E-state index < -0.39 is 0 Å². The molecule has 1 heterocycles. The Hall–Kier alpha value is -0.850. The van der Waals surface area contributed by atoms with Crippen LogP contribution >= 0.6 is 0 Å². The first-order valence-electron chi connectivity index (χ1n) is 5.96. The van der Waals surface area contributed by atoms with Gasteiger partial charge in [0.2, 0.25) is 0 Å². The molecule has 1 aliphatic carbocycles. The number of nitrogens with zero attached hydrogens (tertiary/aromatic N) is 1. The van der Waals surface area contributed by atoms with Crippen molar-refractivity contribution in [3.05, 3.63) is 29.6 Å². The van der Waals surface area contributed by atoms with Gasteiger partial charge >= 0.3 is 0 Å². The summed E-state index contributed by atoms with van der Waals surface area (Å²) in [4.78, 5) is 4.85. The second-order valence-corrected chi connectivity index (χ2v) is 5.79. The van der Waals surface area contributed by atoms with Crippen molar-refractivity contribution in [3.63, 3.8) is 0 Å². The van der Waals surface area contributed by atoms with Gasteiger partial charge in [-0.3, -0.25) is 4.98 Å². The topological polar surface area (TPSA) is 12.9 Å². The Kier molecular flexibility index (Phi) is 2.37. The number of hydrogen-bond acceptors (Lipinski definition) is 1. The van der Waals surface area contributed by atoms with E-state index in [4.69, 9.17) is 4.98 Å². The highest BCUT2D eigenvalue weighted by molar-refractivity contribution is 5.27. The van der Waals surface area contributed by atoms with Gasteiger partial charge in [0, 0.05) is 22.2 Å². The smallest absolute Gasteiger partial charge is 0.0468 e. The van der Waals surface area contributed by atoms with Gasteiger partial charge in [-0.2, -0.15) is 0 Å². The van der Waals surface area contributed by atoms with Gasteiger partial charge in [-0.05, 0) is 31.4 Å². The summed E-state index contributed by atoms with van der Waals surface area (Å²) in [5.74, 6) is 0. The molecule has 1 fully saturated rings. The van der Waals surface area contributed by atoms with E-state index in [-0.39, 0.29) is 5.41 Å². The molecule has 1 aromatic heterocycles. The largest absolute Gasteiger partial charge is 0.257 e. The Morgan fingerprint density at radius 3 is 2.40 bits per heavy atom. The molecular weight excluding hydrogens is 182 g/mol. The van der Waals surface area contributed by atoms with Crippen LogP contribution in [-0.2, 0) is 10.8 Å². The maximum absolute atomic E-state index is 4.85. The normalized spacial score (nSPS) is 18.9. The van der Waals surface area contributed by atoms with Gasteiger partial charge in [0.1, 0.15) is 0 Å². The van der Waals surface area contributed by atoms with Crippen molar-refractivity contribution in [1.29, 1.82) is 0 Å². The molecule has 0 aliphatic heterocycles. The highest BCUT2D eigenvalue weighted by Gasteiger charge is 2.43. The molecule has 0 spiro atoms. The standard InChI is InChI=1S/C14H21N/c1-5-14(9-10-14)12-8-6-7-11(15-12)13(2,3)4/h6-8H,5,9-10H2,1-4H3. The Balaban J connectivity index is 2.35. The molecule has 2 rings (SSSR count). The SMILES string of the molecule is CCC1(c2cccc(C(C)(C)C)n2)CC1. The quantitative estimate of drug-likeness (QED) is 0.712. The van der Waals surface area contributed by atoms with E-state index in [0.29, 0.717) is 5.41 Å². The van der Waals surface area contributed by atoms with Gasteiger partial charge in [-0.15, -0.1) is 0 Å². The minimum absolute atomic E-state index is 0.166. The lowest BCUT2D eigenvalue weighted by Crippen LogP contribution is -2.17. The molecule has 0 radical (unpaired) electrons. The van der Waals surface area contributed by atoms with Gasteiger partial charge in [-0.25, -0.2) is 0 Å². The first-order valence-corrected chi connectivity index (χ1v) is 5.96. The summed E-state index contributed by atoms with van der Waals surface area (Å²) < 4.78 is 0. The van der Waals surface area contributed by atoms with Crippen LogP contribution in [0.25, 0.3) is 0 Å². The summed E-state index contributed by atoms with van der Waals surface area (Å²) in [6.07, 6.45) is 3.88. The number of pyridine rings is 1. The van der Waals surface area contributed by atoms with E-state index in [0.717, 1.165) is 0 Å². The Bertz CT molecular complexity index is 356. The fourth-order valence-corrected chi connectivity index (χ4v) is 2.09. The van der Waals surface area contributed by atoms with Crippen LogP contribution in [0.3, 0.4) is 0 Å². The van der Waals surface area contributed by atoms with Gasteiger partial charge in [0.05, 0.1) is 0 Å². The van der Waals surface area contributed by atoms with Gasteiger partial charge in [-0.1, -0.05) is 33.8 Å². The van der Waals surface area contributed by atoms with Crippen molar-refractivity contribution in [2.45, 2.75) is 57.8 Å². The monoisotopic (exact) mass is 203 g/mol. The van der Waals surface area contributed by atoms with Gasteiger partial charge in [0.15, 0.2) is 0 Å². The van der Waals surface area contributed by atoms with Crippen molar-refractivity contribution >= 4 is 0 Å². The second-order valence-electron chi connectivity index (χ2n) is 5.79. The van der Waals surface area contributed by atoms with Crippen LogP contribution in [0.2, 0.25) is 0 Å². The Morgan fingerprint density at radius 2 is 1.93 bits per heavy atom. The molecule has 0 amide bonds. The fraction of sp³-hybridized carbons (Fsp3) is 0.643. The lowest BCUT2D eigenvalue weighted by Gasteiger charge is -2.20. The Labute approximate surface area is 92.9 Å². The van der Waals surface area contributed by atoms with Gasteiger partial charge < -0.3 is 0 Å². The van der Waals surface area contributed by atoms with E-state index in [9.17, 15) is 0 Å². The first-order chi connectivity index (χ1) is 6.98. The molecule has 1 heteroatoms. The predicted octanol–water partition coefficient (Wildman–Crippen LogP) is 3.82. The maximum Gasteiger partial charge on any atom is 0.0468 e. The molecule has 1 aliphatic rings. The Morgan fingerprint density at radius 1 is 1.27 bits per heavy atom. The number of aromatic nitrogens is 1. The third-order valence-corrected chi connectivity index (χ3v) is 3.59. The van der Waals surface area contributed by atoms with Crippen LogP contribution in [0.5, 0.6) is 0 Å². The molecule has 0 aromatic carbocycles. The minimum Gasteiger partial charge on any atom is -0.257 e. The van der Waals surface area contributed by atoms with E-state index in [1.807, 2.05) is 0 Å². The number of rotatable bonds is 2. The van der Waals surface area contributed by atoms with Crippen molar-refractivity contribution in [3.8, 4) is 0 Å². The molecule has 0 N–H and O–H groups in total. The van der Waals surface area contributed by atoms with Crippen molar-refractivity contribution < 1.29 is 0 Å². The van der Waals surface area contributed by atoms with Crippen LogP contribution in [0, 0.1) is 0 Å². The zero-order valence-corrected chi connectivity index (χ0v) is 10.3. The van der Waals surface area contributed by atoms with E-state index in [2.05, 4.69) is 45.9 Å². The van der Waals surface area contributed by atoms with E-state index >= 15 is 0 Å². The molecule has 0 saturated heterocycles. The zero-order chi connectivity index (χ0) is 11.1. The maximum atomic E-state index is 4.85. The molecule has 82 valence electrons. The number of hydrogen-bond donors (Lipinski definition) is 0. The van der Waals surface area contributed by atoms with Crippen LogP contribution in [0.15, 0.2) is 18.2 Å². The van der Waals surface area contributed by atoms with Gasteiger partial charge in [0.25, 0.3) is 0 Å². The summed E-state index contributed by atoms with van der Waals surface area (Å²) in [6, 6.07) is 6.51. The van der Waals surface area contributed by atoms with Crippen molar-refractivity contribution in [2.75, 3.05) is 0 Å². The molecule has 1 saturated carbocycles. The average Bonchev–Trinajstić information content (AvgIpc) is 2.97. The highest BCUT2D eigenvalue weighted by atomic mass is 14.8. The van der Waals surface area contributed by atoms with Crippen molar-refractivity contribution in [2.24, 2.45) is 0 Å². The molecule has 0 bridgehead atoms. The molecule has 1 aromatic rings. The lowest BCUT2D eigenvalue weighted by atomic mass is 9.90.